The number of piperidine rings is 1. The van der Waals surface area contributed by atoms with Gasteiger partial charge in [0.05, 0.1) is 12.5 Å². The van der Waals surface area contributed by atoms with Crippen molar-refractivity contribution in [2.75, 3.05) is 19.6 Å². The molecule has 3 unspecified atom stereocenters. The Kier molecular flexibility index (Phi) is 5.18. The highest BCUT2D eigenvalue weighted by molar-refractivity contribution is 5.66. The molecule has 0 saturated carbocycles. The summed E-state index contributed by atoms with van der Waals surface area (Å²) in [4.78, 5) is 12.5. The monoisotopic (exact) mass is 230 g/mol. The van der Waals surface area contributed by atoms with E-state index in [-0.39, 0.29) is 24.5 Å². The molecule has 0 radical (unpaired) electrons. The molecular formula is C11H22N2O3. The Morgan fingerprint density at radius 2 is 2.25 bits per heavy atom. The Morgan fingerprint density at radius 1 is 1.56 bits per heavy atom. The zero-order valence-electron chi connectivity index (χ0n) is 9.80. The van der Waals surface area contributed by atoms with Gasteiger partial charge >= 0.3 is 5.97 Å². The average Bonchev–Trinajstić information content (AvgIpc) is 2.24. The van der Waals surface area contributed by atoms with Crippen molar-refractivity contribution in [3.63, 3.8) is 0 Å². The predicted octanol–water partition coefficient (Wildman–Crippen LogP) is -0.119. The van der Waals surface area contributed by atoms with Crippen LogP contribution in [0.25, 0.3) is 0 Å². The van der Waals surface area contributed by atoms with Gasteiger partial charge in [-0.05, 0) is 18.8 Å². The largest absolute Gasteiger partial charge is 0.481 e. The zero-order valence-corrected chi connectivity index (χ0v) is 9.80. The first kappa shape index (κ1) is 13.4. The van der Waals surface area contributed by atoms with Gasteiger partial charge in [0, 0.05) is 25.7 Å². The molecule has 5 nitrogen and oxygen atoms in total. The summed E-state index contributed by atoms with van der Waals surface area (Å²) in [6, 6.07) is 0.0498. The number of carbonyl (C=O) groups is 1. The predicted molar refractivity (Wildman–Crippen MR) is 61.1 cm³/mol. The number of nitrogens with two attached hydrogens (primary N) is 1. The van der Waals surface area contributed by atoms with E-state index in [1.807, 2.05) is 11.8 Å². The van der Waals surface area contributed by atoms with Gasteiger partial charge < -0.3 is 20.8 Å². The van der Waals surface area contributed by atoms with E-state index in [2.05, 4.69) is 0 Å². The molecule has 1 rings (SSSR count). The maximum Gasteiger partial charge on any atom is 0.304 e. The average molecular weight is 230 g/mol. The normalized spacial score (nSPS) is 28.9. The van der Waals surface area contributed by atoms with E-state index in [4.69, 9.17) is 10.8 Å². The molecule has 16 heavy (non-hydrogen) atoms. The number of aliphatic hydroxyl groups excluding tert-OH is 1. The Labute approximate surface area is 96.2 Å². The van der Waals surface area contributed by atoms with Crippen molar-refractivity contribution in [3.05, 3.63) is 0 Å². The lowest BCUT2D eigenvalue weighted by atomic mass is 9.89. The van der Waals surface area contributed by atoms with Crippen LogP contribution in [0.1, 0.15) is 26.2 Å². The molecule has 4 N–H and O–H groups in total. The van der Waals surface area contributed by atoms with Gasteiger partial charge in [0.25, 0.3) is 0 Å². The number of aliphatic hydroxyl groups is 1. The molecular weight excluding hydrogens is 208 g/mol. The van der Waals surface area contributed by atoms with Crippen molar-refractivity contribution in [1.82, 2.24) is 4.90 Å². The van der Waals surface area contributed by atoms with Gasteiger partial charge in [-0.25, -0.2) is 0 Å². The van der Waals surface area contributed by atoms with Crippen molar-refractivity contribution in [1.29, 1.82) is 0 Å². The van der Waals surface area contributed by atoms with Crippen LogP contribution in [0, 0.1) is 5.92 Å². The molecule has 0 amide bonds. The zero-order chi connectivity index (χ0) is 12.1. The number of hydrogen-bond donors (Lipinski definition) is 3. The van der Waals surface area contributed by atoms with Crippen LogP contribution in [0.15, 0.2) is 0 Å². The first-order valence-electron chi connectivity index (χ1n) is 5.90. The summed E-state index contributed by atoms with van der Waals surface area (Å²) in [7, 11) is 0. The van der Waals surface area contributed by atoms with E-state index >= 15 is 0 Å². The number of carboxylic acid groups (broad SMARTS) is 1. The van der Waals surface area contributed by atoms with Crippen molar-refractivity contribution >= 4 is 5.97 Å². The number of carboxylic acids is 1. The molecule has 0 bridgehead atoms. The summed E-state index contributed by atoms with van der Waals surface area (Å²) in [6.07, 6.45) is 1.38. The summed E-state index contributed by atoms with van der Waals surface area (Å²) in [5.74, 6) is -0.603. The maximum atomic E-state index is 10.5. The van der Waals surface area contributed by atoms with E-state index in [9.17, 15) is 9.90 Å². The second-order valence-corrected chi connectivity index (χ2v) is 4.63. The minimum Gasteiger partial charge on any atom is -0.481 e. The Balaban J connectivity index is 2.44. The Hall–Kier alpha value is -0.650. The third-order valence-electron chi connectivity index (χ3n) is 3.20. The lowest BCUT2D eigenvalue weighted by molar-refractivity contribution is -0.137. The van der Waals surface area contributed by atoms with Crippen LogP contribution in [-0.4, -0.2) is 52.9 Å². The van der Waals surface area contributed by atoms with Gasteiger partial charge in [0.15, 0.2) is 0 Å². The summed E-state index contributed by atoms with van der Waals surface area (Å²) >= 11 is 0. The van der Waals surface area contributed by atoms with Gasteiger partial charge in [-0.2, -0.15) is 0 Å². The minimum atomic E-state index is -0.785. The van der Waals surface area contributed by atoms with Gasteiger partial charge in [-0.15, -0.1) is 0 Å². The molecule has 1 aliphatic rings. The van der Waals surface area contributed by atoms with E-state index in [1.165, 1.54) is 0 Å². The third-order valence-corrected chi connectivity index (χ3v) is 3.20. The maximum absolute atomic E-state index is 10.5. The second-order valence-electron chi connectivity index (χ2n) is 4.63. The molecule has 1 aliphatic heterocycles. The quantitative estimate of drug-likeness (QED) is 0.613. The first-order chi connectivity index (χ1) is 7.52. The third kappa shape index (κ3) is 4.08. The van der Waals surface area contributed by atoms with Gasteiger partial charge in [-0.1, -0.05) is 6.92 Å². The van der Waals surface area contributed by atoms with Gasteiger partial charge in [0.1, 0.15) is 0 Å². The van der Waals surface area contributed by atoms with Gasteiger partial charge in [-0.3, -0.25) is 4.79 Å². The van der Waals surface area contributed by atoms with Crippen LogP contribution in [0.3, 0.4) is 0 Å². The lowest BCUT2D eigenvalue weighted by Crippen LogP contribution is -2.50. The first-order valence-corrected chi connectivity index (χ1v) is 5.90. The standard InChI is InChI=1S/C11H22N2O3/c1-2-10(14)8-5-9(12)7-13(6-8)4-3-11(15)16/h8-10,14H,2-7,12H2,1H3,(H,15,16). The van der Waals surface area contributed by atoms with Crippen LogP contribution >= 0.6 is 0 Å². The van der Waals surface area contributed by atoms with Crippen molar-refractivity contribution < 1.29 is 15.0 Å². The fourth-order valence-corrected chi connectivity index (χ4v) is 2.32. The van der Waals surface area contributed by atoms with Crippen LogP contribution in [-0.2, 0) is 4.79 Å². The molecule has 0 aromatic heterocycles. The minimum absolute atomic E-state index is 0.0498. The summed E-state index contributed by atoms with van der Waals surface area (Å²) < 4.78 is 0. The smallest absolute Gasteiger partial charge is 0.304 e. The SMILES string of the molecule is CCC(O)C1CC(N)CN(CCC(=O)O)C1. The van der Waals surface area contributed by atoms with E-state index in [0.29, 0.717) is 6.54 Å². The van der Waals surface area contributed by atoms with Crippen LogP contribution < -0.4 is 5.73 Å². The van der Waals surface area contributed by atoms with Crippen molar-refractivity contribution in [3.8, 4) is 0 Å². The molecule has 0 spiro atoms. The highest BCUT2D eigenvalue weighted by Crippen LogP contribution is 2.21. The molecule has 3 atom stereocenters. The van der Waals surface area contributed by atoms with Crippen molar-refractivity contribution in [2.45, 2.75) is 38.3 Å². The fourth-order valence-electron chi connectivity index (χ4n) is 2.32. The molecule has 94 valence electrons. The van der Waals surface area contributed by atoms with Crippen LogP contribution in [0.5, 0.6) is 0 Å². The molecule has 0 aliphatic carbocycles. The molecule has 1 fully saturated rings. The summed E-state index contributed by atoms with van der Waals surface area (Å²) in [5, 5.41) is 18.4. The number of aliphatic carboxylic acids is 1. The lowest BCUT2D eigenvalue weighted by Gasteiger charge is -2.37. The highest BCUT2D eigenvalue weighted by Gasteiger charge is 2.29. The van der Waals surface area contributed by atoms with Gasteiger partial charge in [0.2, 0.25) is 0 Å². The highest BCUT2D eigenvalue weighted by atomic mass is 16.4. The topological polar surface area (TPSA) is 86.8 Å². The number of hydrogen-bond acceptors (Lipinski definition) is 4. The molecule has 1 heterocycles. The molecule has 5 heteroatoms. The Morgan fingerprint density at radius 3 is 2.81 bits per heavy atom. The second kappa shape index (κ2) is 6.18. The Bertz CT molecular complexity index is 235. The van der Waals surface area contributed by atoms with Crippen molar-refractivity contribution in [2.24, 2.45) is 11.7 Å². The number of likely N-dealkylation sites (tertiary alicyclic amines) is 1. The van der Waals surface area contributed by atoms with E-state index < -0.39 is 5.97 Å². The summed E-state index contributed by atoms with van der Waals surface area (Å²) in [5.41, 5.74) is 5.91. The fraction of sp³-hybridized carbons (Fsp3) is 0.909. The molecule has 1 saturated heterocycles. The van der Waals surface area contributed by atoms with E-state index in [0.717, 1.165) is 25.9 Å². The summed E-state index contributed by atoms with van der Waals surface area (Å²) in [6.45, 7) is 3.97. The molecule has 0 aromatic rings. The number of nitrogens with zero attached hydrogens (tertiary/aromatic N) is 1. The van der Waals surface area contributed by atoms with Crippen LogP contribution in [0.4, 0.5) is 0 Å². The van der Waals surface area contributed by atoms with Crippen LogP contribution in [0.2, 0.25) is 0 Å². The van der Waals surface area contributed by atoms with E-state index in [1.54, 1.807) is 0 Å². The number of rotatable bonds is 5. The molecule has 0 aromatic carbocycles.